The fourth-order valence-electron chi connectivity index (χ4n) is 4.28. The number of aliphatic imine (C=N–C) groups is 1. The number of amidine groups is 1. The van der Waals surface area contributed by atoms with E-state index in [0.29, 0.717) is 31.0 Å². The molecule has 0 saturated heterocycles. The quantitative estimate of drug-likeness (QED) is 0.507. The van der Waals surface area contributed by atoms with Gasteiger partial charge < -0.3 is 14.6 Å². The van der Waals surface area contributed by atoms with Gasteiger partial charge in [0.2, 0.25) is 17.7 Å². The molecule has 1 unspecified atom stereocenters. The van der Waals surface area contributed by atoms with E-state index in [-0.39, 0.29) is 30.2 Å². The Morgan fingerprint density at radius 3 is 3.03 bits per heavy atom. The third-order valence-corrected chi connectivity index (χ3v) is 6.10. The van der Waals surface area contributed by atoms with E-state index in [2.05, 4.69) is 50.5 Å². The van der Waals surface area contributed by atoms with Gasteiger partial charge in [0, 0.05) is 37.8 Å². The van der Waals surface area contributed by atoms with Crippen molar-refractivity contribution in [1.82, 2.24) is 40.5 Å². The number of carbonyl (C=O) groups is 1. The van der Waals surface area contributed by atoms with Crippen LogP contribution in [0.3, 0.4) is 0 Å². The van der Waals surface area contributed by atoms with Crippen molar-refractivity contribution in [3.63, 3.8) is 0 Å². The number of hydrogen-bond acceptors (Lipinski definition) is 10. The number of nitrogens with one attached hydrogen (secondary N) is 2. The zero-order valence-electron chi connectivity index (χ0n) is 17.8. The van der Waals surface area contributed by atoms with Crippen molar-refractivity contribution in [2.45, 2.75) is 38.3 Å². The third-order valence-electron chi connectivity index (χ3n) is 6.10. The summed E-state index contributed by atoms with van der Waals surface area (Å²) in [4.78, 5) is 27.6. The van der Waals surface area contributed by atoms with Crippen molar-refractivity contribution < 1.29 is 13.8 Å². The molecule has 13 heteroatoms. The fraction of sp³-hybridized carbons (Fsp3) is 0.450. The Morgan fingerprint density at radius 2 is 2.12 bits per heavy atom. The Balaban J connectivity index is 1.06. The molecule has 13 nitrogen and oxygen atoms in total. The second-order valence-corrected chi connectivity index (χ2v) is 8.26. The minimum Gasteiger partial charge on any atom is -0.420 e. The van der Waals surface area contributed by atoms with Crippen LogP contribution in [0.25, 0.3) is 11.5 Å². The van der Waals surface area contributed by atoms with E-state index >= 15 is 0 Å². The van der Waals surface area contributed by atoms with E-state index < -0.39 is 0 Å². The van der Waals surface area contributed by atoms with Crippen molar-refractivity contribution >= 4 is 23.9 Å². The molecule has 3 aromatic rings. The van der Waals surface area contributed by atoms with Gasteiger partial charge in [0.15, 0.2) is 6.21 Å². The molecule has 6 rings (SSSR count). The summed E-state index contributed by atoms with van der Waals surface area (Å²) in [5.74, 6) is 2.11. The van der Waals surface area contributed by atoms with Crippen LogP contribution in [0.5, 0.6) is 0 Å². The lowest BCUT2D eigenvalue weighted by Crippen LogP contribution is -2.37. The van der Waals surface area contributed by atoms with Crippen LogP contribution in [0.15, 0.2) is 21.8 Å². The molecule has 0 spiro atoms. The Labute approximate surface area is 188 Å². The number of aromatic amines is 1. The van der Waals surface area contributed by atoms with Gasteiger partial charge in [-0.25, -0.2) is 9.97 Å². The van der Waals surface area contributed by atoms with Gasteiger partial charge in [-0.1, -0.05) is 4.99 Å². The second kappa shape index (κ2) is 8.15. The monoisotopic (exact) mass is 448 g/mol. The Morgan fingerprint density at radius 1 is 1.24 bits per heavy atom. The highest BCUT2D eigenvalue weighted by Gasteiger charge is 2.29. The predicted molar refractivity (Wildman–Crippen MR) is 115 cm³/mol. The Bertz CT molecular complexity index is 1240. The van der Waals surface area contributed by atoms with Gasteiger partial charge in [-0.3, -0.25) is 9.37 Å². The number of amides is 1. The van der Waals surface area contributed by atoms with Crippen molar-refractivity contribution in [2.75, 3.05) is 25.0 Å². The Hall–Kier alpha value is -4.03. The van der Waals surface area contributed by atoms with Gasteiger partial charge >= 0.3 is 0 Å². The van der Waals surface area contributed by atoms with E-state index in [1.54, 1.807) is 17.3 Å². The summed E-state index contributed by atoms with van der Waals surface area (Å²) >= 11 is 0. The molecule has 0 bridgehead atoms. The molecular weight excluding hydrogens is 426 g/mol. The van der Waals surface area contributed by atoms with Crippen LogP contribution in [-0.2, 0) is 24.2 Å². The molecule has 3 aliphatic rings. The van der Waals surface area contributed by atoms with Gasteiger partial charge in [-0.15, -0.1) is 10.2 Å². The highest BCUT2D eigenvalue weighted by molar-refractivity contribution is 5.90. The van der Waals surface area contributed by atoms with E-state index in [4.69, 9.17) is 4.42 Å². The average Bonchev–Trinajstić information content (AvgIpc) is 3.59. The fourth-order valence-corrected chi connectivity index (χ4v) is 4.28. The summed E-state index contributed by atoms with van der Waals surface area (Å²) in [6, 6.07) is 0.251. The first-order chi connectivity index (χ1) is 16.2. The summed E-state index contributed by atoms with van der Waals surface area (Å²) in [5.41, 5.74) is 2.31. The smallest absolute Gasteiger partial charge is 0.295 e. The molecule has 0 fully saturated rings. The summed E-state index contributed by atoms with van der Waals surface area (Å²) in [7, 11) is 0. The molecule has 3 aromatic heterocycles. The minimum atomic E-state index is -0.0924. The topological polar surface area (TPSA) is 154 Å². The number of nitrogens with zero attached hydrogens (tertiary/aromatic N) is 9. The predicted octanol–water partition coefficient (Wildman–Crippen LogP) is -0.158. The minimum absolute atomic E-state index is 0.0285. The molecule has 33 heavy (non-hydrogen) atoms. The molecule has 0 radical (unpaired) electrons. The molecule has 2 N–H and O–H groups in total. The number of carbonyl (C=O) groups excluding carboxylic acids is 1. The van der Waals surface area contributed by atoms with Crippen LogP contribution >= 0.6 is 0 Å². The highest BCUT2D eigenvalue weighted by Crippen LogP contribution is 2.20. The van der Waals surface area contributed by atoms with Crippen molar-refractivity contribution in [3.05, 3.63) is 29.7 Å². The van der Waals surface area contributed by atoms with Crippen molar-refractivity contribution in [2.24, 2.45) is 4.99 Å². The van der Waals surface area contributed by atoms with E-state index in [1.807, 2.05) is 6.21 Å². The molecule has 0 saturated carbocycles. The average molecular weight is 448 g/mol. The van der Waals surface area contributed by atoms with Gasteiger partial charge in [0.05, 0.1) is 30.8 Å². The molecule has 1 amide bonds. The number of aromatic nitrogens is 7. The molecule has 168 valence electrons. The summed E-state index contributed by atoms with van der Waals surface area (Å²) in [6.07, 6.45) is 7.80. The van der Waals surface area contributed by atoms with Crippen LogP contribution in [0.1, 0.15) is 30.1 Å². The number of hydrogen-bond donors (Lipinski definition) is 2. The summed E-state index contributed by atoms with van der Waals surface area (Å²) in [6.45, 7) is 2.90. The SMILES string of the molecule is O=C(Cc1nnc(-c2cnc(NC3CC[N+]4=C(C3)N=CC4)nc2)o1)N1CCc2n[nH]nc2C1. The summed E-state index contributed by atoms with van der Waals surface area (Å²) < 4.78 is 7.98. The number of H-pyrrole nitrogens is 1. The second-order valence-electron chi connectivity index (χ2n) is 8.26. The maximum Gasteiger partial charge on any atom is 0.295 e. The summed E-state index contributed by atoms with van der Waals surface area (Å²) in [5, 5.41) is 22.2. The van der Waals surface area contributed by atoms with Gasteiger partial charge in [0.1, 0.15) is 18.7 Å². The largest absolute Gasteiger partial charge is 0.420 e. The first-order valence-corrected chi connectivity index (χ1v) is 10.9. The molecule has 0 aliphatic carbocycles. The normalized spacial score (nSPS) is 19.5. The van der Waals surface area contributed by atoms with Crippen LogP contribution < -0.4 is 5.32 Å². The van der Waals surface area contributed by atoms with E-state index in [0.717, 1.165) is 43.2 Å². The van der Waals surface area contributed by atoms with Gasteiger partial charge in [-0.2, -0.15) is 15.4 Å². The lowest BCUT2D eigenvalue weighted by molar-refractivity contribution is -0.515. The number of anilines is 1. The van der Waals surface area contributed by atoms with Crippen LogP contribution in [-0.4, -0.2) is 88.7 Å². The van der Waals surface area contributed by atoms with Crippen LogP contribution in [0, 0.1) is 0 Å². The van der Waals surface area contributed by atoms with E-state index in [9.17, 15) is 4.79 Å². The van der Waals surface area contributed by atoms with Crippen molar-refractivity contribution in [1.29, 1.82) is 0 Å². The van der Waals surface area contributed by atoms with E-state index in [1.165, 1.54) is 0 Å². The van der Waals surface area contributed by atoms with Crippen molar-refractivity contribution in [3.8, 4) is 11.5 Å². The first-order valence-electron chi connectivity index (χ1n) is 10.9. The van der Waals surface area contributed by atoms with Gasteiger partial charge in [-0.05, 0) is 0 Å². The highest BCUT2D eigenvalue weighted by atomic mass is 16.4. The van der Waals surface area contributed by atoms with Crippen LogP contribution in [0.2, 0.25) is 0 Å². The molecule has 0 aromatic carbocycles. The lowest BCUT2D eigenvalue weighted by atomic mass is 10.1. The Kier molecular flexibility index (Phi) is 4.85. The lowest BCUT2D eigenvalue weighted by Gasteiger charge is -2.24. The first kappa shape index (κ1) is 19.6. The molecule has 1 atom stereocenters. The molecule has 6 heterocycles. The molecular formula is C20H22N11O2+. The maximum atomic E-state index is 12.6. The number of fused-ring (bicyclic) bond motifs is 1. The maximum absolute atomic E-state index is 12.6. The molecule has 3 aliphatic heterocycles. The third kappa shape index (κ3) is 3.97. The standard InChI is InChI=1S/C20H22N11O2/c32-18(31-5-2-14-15(11-31)26-29-25-14)8-17-27-28-19(33-17)12-9-22-20(23-10-12)24-13-1-4-30-6-3-21-16(30)7-13/h3,9-10,13H,1-2,4-8,11H2,(H,22,23,24)(H,25,26,29)/q+1. The van der Waals surface area contributed by atoms with Crippen LogP contribution in [0.4, 0.5) is 5.95 Å². The zero-order chi connectivity index (χ0) is 22.2. The number of rotatable bonds is 5. The zero-order valence-corrected chi connectivity index (χ0v) is 17.8. The van der Waals surface area contributed by atoms with Gasteiger partial charge in [0.25, 0.3) is 11.7 Å².